The van der Waals surface area contributed by atoms with Crippen molar-refractivity contribution in [2.75, 3.05) is 18.4 Å². The molecule has 144 valence electrons. The Labute approximate surface area is 161 Å². The minimum atomic E-state index is -3.29. The molecule has 1 amide bonds. The van der Waals surface area contributed by atoms with Gasteiger partial charge in [0.25, 0.3) is 5.91 Å². The lowest BCUT2D eigenvalue weighted by Gasteiger charge is -2.25. The van der Waals surface area contributed by atoms with Crippen LogP contribution in [-0.2, 0) is 15.8 Å². The number of piperidine rings is 1. The number of carbonyl (C=O) groups is 1. The first-order valence-electron chi connectivity index (χ1n) is 9.30. The molecule has 1 aliphatic heterocycles. The van der Waals surface area contributed by atoms with E-state index in [1.807, 2.05) is 32.0 Å². The molecule has 0 saturated carbocycles. The maximum Gasteiger partial charge on any atom is 0.255 e. The molecule has 3 rings (SSSR count). The van der Waals surface area contributed by atoms with Crippen LogP contribution in [0, 0.1) is 13.8 Å². The molecule has 1 saturated heterocycles. The topological polar surface area (TPSA) is 66.5 Å². The third kappa shape index (κ3) is 4.96. The van der Waals surface area contributed by atoms with Crippen molar-refractivity contribution >= 4 is 21.6 Å². The number of hydrogen-bond acceptors (Lipinski definition) is 3. The van der Waals surface area contributed by atoms with Gasteiger partial charge in [-0.05, 0) is 56.0 Å². The fraction of sp³-hybridized carbons (Fsp3) is 0.381. The lowest BCUT2D eigenvalue weighted by molar-refractivity contribution is 0.102. The summed E-state index contributed by atoms with van der Waals surface area (Å²) in [5.41, 5.74) is 4.14. The standard InChI is InChI=1S/C21H26N2O3S/c1-16-6-11-20(17(2)14-16)22-21(24)19-9-7-18(8-10-19)15-27(25,26)23-12-4-3-5-13-23/h6-11,14H,3-5,12-13,15H2,1-2H3,(H,22,24). The Hall–Kier alpha value is -2.18. The highest BCUT2D eigenvalue weighted by Gasteiger charge is 2.24. The van der Waals surface area contributed by atoms with E-state index < -0.39 is 10.0 Å². The third-order valence-corrected chi connectivity index (χ3v) is 6.75. The molecule has 1 heterocycles. The highest BCUT2D eigenvalue weighted by molar-refractivity contribution is 7.88. The Morgan fingerprint density at radius 2 is 1.67 bits per heavy atom. The second-order valence-electron chi connectivity index (χ2n) is 7.19. The zero-order valence-electron chi connectivity index (χ0n) is 15.9. The van der Waals surface area contributed by atoms with Crippen molar-refractivity contribution in [3.63, 3.8) is 0 Å². The van der Waals surface area contributed by atoms with Gasteiger partial charge in [0.15, 0.2) is 0 Å². The molecule has 0 radical (unpaired) electrons. The molecule has 1 fully saturated rings. The average molecular weight is 387 g/mol. The minimum Gasteiger partial charge on any atom is -0.322 e. The molecule has 0 aromatic heterocycles. The Morgan fingerprint density at radius 1 is 1.00 bits per heavy atom. The highest BCUT2D eigenvalue weighted by atomic mass is 32.2. The van der Waals surface area contributed by atoms with Crippen LogP contribution in [0.3, 0.4) is 0 Å². The van der Waals surface area contributed by atoms with Gasteiger partial charge in [-0.3, -0.25) is 4.79 Å². The number of carbonyl (C=O) groups excluding carboxylic acids is 1. The summed E-state index contributed by atoms with van der Waals surface area (Å²) in [4.78, 5) is 12.5. The summed E-state index contributed by atoms with van der Waals surface area (Å²) in [6.45, 7) is 5.18. The van der Waals surface area contributed by atoms with Gasteiger partial charge in [-0.1, -0.05) is 36.2 Å². The predicted molar refractivity (Wildman–Crippen MR) is 108 cm³/mol. The third-order valence-electron chi connectivity index (χ3n) is 4.90. The van der Waals surface area contributed by atoms with Gasteiger partial charge in [-0.15, -0.1) is 0 Å². The van der Waals surface area contributed by atoms with E-state index in [1.165, 1.54) is 0 Å². The van der Waals surface area contributed by atoms with Gasteiger partial charge >= 0.3 is 0 Å². The second kappa shape index (κ2) is 8.23. The zero-order valence-corrected chi connectivity index (χ0v) is 16.7. The van der Waals surface area contributed by atoms with Crippen molar-refractivity contribution in [2.45, 2.75) is 38.9 Å². The number of hydrogen-bond donors (Lipinski definition) is 1. The summed E-state index contributed by atoms with van der Waals surface area (Å²) < 4.78 is 26.6. The van der Waals surface area contributed by atoms with Crippen molar-refractivity contribution in [3.8, 4) is 0 Å². The van der Waals surface area contributed by atoms with E-state index in [-0.39, 0.29) is 11.7 Å². The summed E-state index contributed by atoms with van der Waals surface area (Å²) in [6, 6.07) is 12.7. The molecular weight excluding hydrogens is 360 g/mol. The summed E-state index contributed by atoms with van der Waals surface area (Å²) in [5, 5.41) is 2.91. The Morgan fingerprint density at radius 3 is 2.30 bits per heavy atom. The largest absolute Gasteiger partial charge is 0.322 e. The molecule has 2 aromatic rings. The van der Waals surface area contributed by atoms with E-state index >= 15 is 0 Å². The van der Waals surface area contributed by atoms with Crippen LogP contribution in [-0.4, -0.2) is 31.7 Å². The second-order valence-corrected chi connectivity index (χ2v) is 9.15. The number of nitrogens with one attached hydrogen (secondary N) is 1. The van der Waals surface area contributed by atoms with Gasteiger partial charge in [0.2, 0.25) is 10.0 Å². The molecule has 0 bridgehead atoms. The first-order valence-corrected chi connectivity index (χ1v) is 10.9. The smallest absolute Gasteiger partial charge is 0.255 e. The van der Waals surface area contributed by atoms with Crippen LogP contribution in [0.2, 0.25) is 0 Å². The van der Waals surface area contributed by atoms with Gasteiger partial charge in [0, 0.05) is 24.3 Å². The molecule has 6 heteroatoms. The molecule has 1 N–H and O–H groups in total. The number of amides is 1. The van der Waals surface area contributed by atoms with Gasteiger partial charge in [-0.25, -0.2) is 12.7 Å². The van der Waals surface area contributed by atoms with Crippen LogP contribution in [0.25, 0.3) is 0 Å². The lowest BCUT2D eigenvalue weighted by Crippen LogP contribution is -2.36. The molecule has 2 aromatic carbocycles. The highest BCUT2D eigenvalue weighted by Crippen LogP contribution is 2.19. The van der Waals surface area contributed by atoms with E-state index in [1.54, 1.807) is 28.6 Å². The molecule has 1 aliphatic rings. The van der Waals surface area contributed by atoms with Crippen LogP contribution in [0.5, 0.6) is 0 Å². The molecule has 5 nitrogen and oxygen atoms in total. The molecule has 27 heavy (non-hydrogen) atoms. The van der Waals surface area contributed by atoms with Gasteiger partial charge in [-0.2, -0.15) is 0 Å². The Balaban J connectivity index is 1.66. The number of anilines is 1. The van der Waals surface area contributed by atoms with Gasteiger partial charge < -0.3 is 5.32 Å². The molecule has 0 atom stereocenters. The molecule has 0 spiro atoms. The van der Waals surface area contributed by atoms with E-state index in [9.17, 15) is 13.2 Å². The van der Waals surface area contributed by atoms with Gasteiger partial charge in [0.1, 0.15) is 0 Å². The number of benzene rings is 2. The van der Waals surface area contributed by atoms with E-state index in [0.29, 0.717) is 24.2 Å². The number of rotatable bonds is 5. The van der Waals surface area contributed by atoms with Crippen LogP contribution in [0.1, 0.15) is 46.3 Å². The number of nitrogens with zero attached hydrogens (tertiary/aromatic N) is 1. The van der Waals surface area contributed by atoms with E-state index in [0.717, 1.165) is 36.1 Å². The van der Waals surface area contributed by atoms with Crippen LogP contribution in [0.15, 0.2) is 42.5 Å². The summed E-state index contributed by atoms with van der Waals surface area (Å²) in [7, 11) is -3.29. The minimum absolute atomic E-state index is 0.0219. The maximum absolute atomic E-state index is 12.5. The molecule has 0 aliphatic carbocycles. The predicted octanol–water partition coefficient (Wildman–Crippen LogP) is 3.87. The van der Waals surface area contributed by atoms with Crippen LogP contribution >= 0.6 is 0 Å². The Bertz CT molecular complexity index is 915. The SMILES string of the molecule is Cc1ccc(NC(=O)c2ccc(CS(=O)(=O)N3CCCCC3)cc2)c(C)c1. The fourth-order valence-electron chi connectivity index (χ4n) is 3.35. The molecular formula is C21H26N2O3S. The lowest BCUT2D eigenvalue weighted by atomic mass is 10.1. The Kier molecular flexibility index (Phi) is 5.97. The molecule has 0 unspecified atom stereocenters. The van der Waals surface area contributed by atoms with Gasteiger partial charge in [0.05, 0.1) is 5.75 Å². The first kappa shape index (κ1) is 19.6. The normalized spacial score (nSPS) is 15.5. The van der Waals surface area contributed by atoms with Crippen LogP contribution < -0.4 is 5.32 Å². The van der Waals surface area contributed by atoms with E-state index in [2.05, 4.69) is 5.32 Å². The average Bonchev–Trinajstić information content (AvgIpc) is 2.65. The van der Waals surface area contributed by atoms with Crippen molar-refractivity contribution in [1.29, 1.82) is 0 Å². The summed E-state index contributed by atoms with van der Waals surface area (Å²) >= 11 is 0. The van der Waals surface area contributed by atoms with Crippen LogP contribution in [0.4, 0.5) is 5.69 Å². The number of aryl methyl sites for hydroxylation is 2. The van der Waals surface area contributed by atoms with Crippen molar-refractivity contribution < 1.29 is 13.2 Å². The summed E-state index contributed by atoms with van der Waals surface area (Å²) in [6.07, 6.45) is 2.95. The maximum atomic E-state index is 12.5. The van der Waals surface area contributed by atoms with Crippen molar-refractivity contribution in [3.05, 3.63) is 64.7 Å². The fourth-order valence-corrected chi connectivity index (χ4v) is 4.96. The number of sulfonamides is 1. The zero-order chi connectivity index (χ0) is 19.4. The first-order chi connectivity index (χ1) is 12.8. The van der Waals surface area contributed by atoms with Crippen molar-refractivity contribution in [1.82, 2.24) is 4.31 Å². The quantitative estimate of drug-likeness (QED) is 0.848. The van der Waals surface area contributed by atoms with E-state index in [4.69, 9.17) is 0 Å². The monoisotopic (exact) mass is 386 g/mol. The summed E-state index contributed by atoms with van der Waals surface area (Å²) in [5.74, 6) is -0.223. The van der Waals surface area contributed by atoms with Crippen molar-refractivity contribution in [2.24, 2.45) is 0 Å².